The van der Waals surface area contributed by atoms with Gasteiger partial charge in [0.25, 0.3) is 0 Å². The van der Waals surface area contributed by atoms with Crippen LogP contribution in [-0.2, 0) is 20.7 Å². The lowest BCUT2D eigenvalue weighted by molar-refractivity contribution is -0.144. The van der Waals surface area contributed by atoms with Gasteiger partial charge in [-0.2, -0.15) is 11.8 Å². The van der Waals surface area contributed by atoms with E-state index >= 15 is 0 Å². The molecule has 1 aromatic rings. The quantitative estimate of drug-likeness (QED) is 0.374. The minimum atomic E-state index is -0.111. The van der Waals surface area contributed by atoms with E-state index in [0.29, 0.717) is 36.2 Å². The molecule has 1 unspecified atom stereocenters. The second-order valence-corrected chi connectivity index (χ2v) is 9.10. The Morgan fingerprint density at radius 1 is 1.27 bits per heavy atom. The maximum absolute atomic E-state index is 11.9. The van der Waals surface area contributed by atoms with E-state index in [1.165, 1.54) is 18.4 Å². The monoisotopic (exact) mass is 380 g/mol. The first-order chi connectivity index (χ1) is 12.3. The lowest BCUT2D eigenvalue weighted by Crippen LogP contribution is -2.14. The first-order valence-electron chi connectivity index (χ1n) is 9.83. The van der Waals surface area contributed by atoms with Crippen molar-refractivity contribution in [2.24, 2.45) is 5.92 Å². The van der Waals surface area contributed by atoms with Gasteiger partial charge in [0.2, 0.25) is 0 Å². The Labute approximate surface area is 163 Å². The van der Waals surface area contributed by atoms with Crippen LogP contribution in [0.4, 0.5) is 0 Å². The molecule has 0 fully saturated rings. The molecule has 1 rings (SSSR count). The van der Waals surface area contributed by atoms with Gasteiger partial charge in [0.05, 0.1) is 13.0 Å². The molecule has 0 aliphatic carbocycles. The Bertz CT molecular complexity index is 549. The van der Waals surface area contributed by atoms with Crippen LogP contribution in [0.15, 0.2) is 18.2 Å². The molecule has 3 nitrogen and oxygen atoms in total. The summed E-state index contributed by atoms with van der Waals surface area (Å²) in [6.45, 7) is 11.4. The average Bonchev–Trinajstić information content (AvgIpc) is 2.59. The molecule has 26 heavy (non-hydrogen) atoms. The molecule has 0 bridgehead atoms. The molecule has 0 radical (unpaired) electrons. The summed E-state index contributed by atoms with van der Waals surface area (Å²) in [6.07, 6.45) is 5.01. The summed E-state index contributed by atoms with van der Waals surface area (Å²) in [7, 11) is 0. The van der Waals surface area contributed by atoms with E-state index in [1.807, 2.05) is 6.07 Å². The number of hydrogen-bond acceptors (Lipinski definition) is 4. The number of carbonyl (C=O) groups excluding carboxylic acids is 1. The smallest absolute Gasteiger partial charge is 0.306 e. The molecule has 0 amide bonds. The van der Waals surface area contributed by atoms with E-state index in [2.05, 4.69) is 40.7 Å². The van der Waals surface area contributed by atoms with Gasteiger partial charge in [-0.05, 0) is 29.4 Å². The first-order valence-corrected chi connectivity index (χ1v) is 11.0. The van der Waals surface area contributed by atoms with E-state index in [4.69, 9.17) is 4.74 Å². The third-order valence-corrected chi connectivity index (χ3v) is 5.68. The van der Waals surface area contributed by atoms with Gasteiger partial charge >= 0.3 is 5.97 Å². The summed E-state index contributed by atoms with van der Waals surface area (Å²) in [5, 5.41) is 10.0. The molecule has 0 aromatic heterocycles. The van der Waals surface area contributed by atoms with Crippen LogP contribution in [-0.4, -0.2) is 23.4 Å². The molecule has 1 N–H and O–H groups in total. The zero-order chi connectivity index (χ0) is 19.6. The Balaban J connectivity index is 2.35. The highest BCUT2D eigenvalue weighted by Gasteiger charge is 2.15. The van der Waals surface area contributed by atoms with Gasteiger partial charge in [0, 0.05) is 17.1 Å². The SMILES string of the molecule is CCCCC(CC)COC(=O)CCSCc1cc(C(C)(C)C)ccc1O. The van der Waals surface area contributed by atoms with Crippen molar-refractivity contribution >= 4 is 17.7 Å². The summed E-state index contributed by atoms with van der Waals surface area (Å²) >= 11 is 1.66. The van der Waals surface area contributed by atoms with E-state index < -0.39 is 0 Å². The number of aromatic hydroxyl groups is 1. The van der Waals surface area contributed by atoms with Crippen molar-refractivity contribution in [3.05, 3.63) is 29.3 Å². The third kappa shape index (κ3) is 8.48. The Hall–Kier alpha value is -1.16. The predicted octanol–water partition coefficient (Wildman–Crippen LogP) is 6.07. The van der Waals surface area contributed by atoms with Crippen LogP contribution in [0.5, 0.6) is 5.75 Å². The second-order valence-electron chi connectivity index (χ2n) is 8.00. The lowest BCUT2D eigenvalue weighted by Gasteiger charge is -2.20. The van der Waals surface area contributed by atoms with Crippen LogP contribution in [0.25, 0.3) is 0 Å². The van der Waals surface area contributed by atoms with Crippen LogP contribution < -0.4 is 0 Å². The number of carbonyl (C=O) groups is 1. The fourth-order valence-electron chi connectivity index (χ4n) is 2.69. The number of ether oxygens (including phenoxy) is 1. The van der Waals surface area contributed by atoms with Gasteiger partial charge in [-0.15, -0.1) is 0 Å². The van der Waals surface area contributed by atoms with Gasteiger partial charge in [-0.1, -0.05) is 66.0 Å². The van der Waals surface area contributed by atoms with Gasteiger partial charge in [-0.3, -0.25) is 4.79 Å². The number of unbranched alkanes of at least 4 members (excludes halogenated alkanes) is 1. The van der Waals surface area contributed by atoms with Crippen molar-refractivity contribution in [3.63, 3.8) is 0 Å². The lowest BCUT2D eigenvalue weighted by atomic mass is 9.86. The minimum Gasteiger partial charge on any atom is -0.508 e. The molecule has 1 atom stereocenters. The fraction of sp³-hybridized carbons (Fsp3) is 0.682. The summed E-state index contributed by atoms with van der Waals surface area (Å²) in [5.41, 5.74) is 2.20. The van der Waals surface area contributed by atoms with Crippen LogP contribution in [0.1, 0.15) is 77.8 Å². The maximum atomic E-state index is 11.9. The average molecular weight is 381 g/mol. The molecule has 148 valence electrons. The number of thioether (sulfide) groups is 1. The van der Waals surface area contributed by atoms with E-state index in [0.717, 1.165) is 18.4 Å². The Kier molecular flexibility index (Phi) is 10.1. The molecular formula is C22H36O3S. The van der Waals surface area contributed by atoms with Gasteiger partial charge in [0.15, 0.2) is 0 Å². The van der Waals surface area contributed by atoms with Crippen molar-refractivity contribution in [3.8, 4) is 5.75 Å². The number of benzene rings is 1. The summed E-state index contributed by atoms with van der Waals surface area (Å²) in [5.74, 6) is 2.12. The van der Waals surface area contributed by atoms with Gasteiger partial charge in [-0.25, -0.2) is 0 Å². The zero-order valence-electron chi connectivity index (χ0n) is 17.1. The van der Waals surface area contributed by atoms with Crippen molar-refractivity contribution in [2.45, 2.75) is 77.9 Å². The fourth-order valence-corrected chi connectivity index (χ4v) is 3.59. The van der Waals surface area contributed by atoms with Crippen LogP contribution >= 0.6 is 11.8 Å². The number of rotatable bonds is 11. The first kappa shape index (κ1) is 22.9. The molecule has 1 aromatic carbocycles. The van der Waals surface area contributed by atoms with Gasteiger partial charge in [0.1, 0.15) is 5.75 Å². The van der Waals surface area contributed by atoms with E-state index in [-0.39, 0.29) is 11.4 Å². The largest absolute Gasteiger partial charge is 0.508 e. The molecule has 0 saturated heterocycles. The molecule has 0 heterocycles. The zero-order valence-corrected chi connectivity index (χ0v) is 18.0. The van der Waals surface area contributed by atoms with Crippen molar-refractivity contribution < 1.29 is 14.6 Å². The normalized spacial score (nSPS) is 12.8. The Morgan fingerprint density at radius 2 is 2.00 bits per heavy atom. The molecule has 0 aliphatic heterocycles. The van der Waals surface area contributed by atoms with E-state index in [1.54, 1.807) is 17.8 Å². The van der Waals surface area contributed by atoms with Crippen LogP contribution in [0, 0.1) is 5.92 Å². The highest BCUT2D eigenvalue weighted by atomic mass is 32.2. The summed E-state index contributed by atoms with van der Waals surface area (Å²) in [6, 6.07) is 5.82. The van der Waals surface area contributed by atoms with Crippen molar-refractivity contribution in [1.82, 2.24) is 0 Å². The second kappa shape index (κ2) is 11.5. The van der Waals surface area contributed by atoms with Crippen LogP contribution in [0.3, 0.4) is 0 Å². The number of esters is 1. The van der Waals surface area contributed by atoms with Crippen molar-refractivity contribution in [2.75, 3.05) is 12.4 Å². The highest BCUT2D eigenvalue weighted by Crippen LogP contribution is 2.29. The highest BCUT2D eigenvalue weighted by molar-refractivity contribution is 7.98. The molecule has 0 saturated carbocycles. The number of phenols is 1. The topological polar surface area (TPSA) is 46.5 Å². The molecule has 0 spiro atoms. The summed E-state index contributed by atoms with van der Waals surface area (Å²) in [4.78, 5) is 11.9. The Morgan fingerprint density at radius 3 is 2.62 bits per heavy atom. The molecular weight excluding hydrogens is 344 g/mol. The van der Waals surface area contributed by atoms with Crippen molar-refractivity contribution in [1.29, 1.82) is 0 Å². The molecule has 4 heteroatoms. The van der Waals surface area contributed by atoms with E-state index in [9.17, 15) is 9.90 Å². The minimum absolute atomic E-state index is 0.0600. The summed E-state index contributed by atoms with van der Waals surface area (Å²) < 4.78 is 5.43. The number of hydrogen-bond donors (Lipinski definition) is 1. The standard InChI is InChI=1S/C22H36O3S/c1-6-8-9-17(7-2)15-25-21(24)12-13-26-16-18-14-19(22(3,4)5)10-11-20(18)23/h10-11,14,17,23H,6-9,12-13,15-16H2,1-5H3. The predicted molar refractivity (Wildman–Crippen MR) is 112 cm³/mol. The maximum Gasteiger partial charge on any atom is 0.306 e. The van der Waals surface area contributed by atoms with Gasteiger partial charge < -0.3 is 9.84 Å². The third-order valence-electron chi connectivity index (χ3n) is 4.68. The van der Waals surface area contributed by atoms with Crippen LogP contribution in [0.2, 0.25) is 0 Å². The molecule has 0 aliphatic rings. The number of phenolic OH excluding ortho intramolecular Hbond substituents is 1.